The summed E-state index contributed by atoms with van der Waals surface area (Å²) in [4.78, 5) is 26.0. The molecular weight excluding hydrogens is 581 g/mol. The number of halogens is 5. The van der Waals surface area contributed by atoms with Crippen molar-refractivity contribution in [3.8, 4) is 11.5 Å². The van der Waals surface area contributed by atoms with E-state index in [1.807, 2.05) is 0 Å². The zero-order chi connectivity index (χ0) is 31.5. The van der Waals surface area contributed by atoms with E-state index in [4.69, 9.17) is 9.47 Å². The molecule has 232 valence electrons. The standard InChI is InChI=1S/C29H30F5N3O6/c1-42-23-4-3-5-24(43-2)25(23)22(38)15-36(14-16-10-18(30)12-19(31)11-16)27(39)21-13-35-37(26(21)29(32,33)34)20-8-6-17(7-9-20)28(40)41/h3-5,10-13,17,20,22,38H,6-9,14-15H2,1-2H3,(H,40,41). The van der Waals surface area contributed by atoms with Crippen LogP contribution in [-0.2, 0) is 17.5 Å². The van der Waals surface area contributed by atoms with Gasteiger partial charge in [0.05, 0.1) is 50.0 Å². The molecule has 1 aliphatic carbocycles. The van der Waals surface area contributed by atoms with Crippen molar-refractivity contribution in [2.45, 2.75) is 50.6 Å². The molecule has 0 radical (unpaired) electrons. The molecule has 3 aromatic rings. The van der Waals surface area contributed by atoms with Crippen LogP contribution < -0.4 is 9.47 Å². The van der Waals surface area contributed by atoms with Gasteiger partial charge in [-0.3, -0.25) is 14.3 Å². The Kier molecular flexibility index (Phi) is 9.58. The molecule has 14 heteroatoms. The lowest BCUT2D eigenvalue weighted by Gasteiger charge is -2.29. The number of hydrogen-bond acceptors (Lipinski definition) is 6. The zero-order valence-electron chi connectivity index (χ0n) is 23.3. The van der Waals surface area contributed by atoms with Crippen LogP contribution in [0.25, 0.3) is 0 Å². The van der Waals surface area contributed by atoms with Gasteiger partial charge in [-0.2, -0.15) is 18.3 Å². The number of carbonyl (C=O) groups is 2. The van der Waals surface area contributed by atoms with Crippen LogP contribution >= 0.6 is 0 Å². The maximum absolute atomic E-state index is 14.5. The highest BCUT2D eigenvalue weighted by Gasteiger charge is 2.43. The number of amides is 1. The molecule has 9 nitrogen and oxygen atoms in total. The Hall–Kier alpha value is -4.20. The van der Waals surface area contributed by atoms with E-state index in [-0.39, 0.29) is 48.3 Å². The number of benzene rings is 2. The lowest BCUT2D eigenvalue weighted by Crippen LogP contribution is -2.36. The van der Waals surface area contributed by atoms with Crippen molar-refractivity contribution in [3.63, 3.8) is 0 Å². The van der Waals surface area contributed by atoms with Crippen LogP contribution in [0.5, 0.6) is 11.5 Å². The quantitative estimate of drug-likeness (QED) is 0.296. The topological polar surface area (TPSA) is 114 Å². The Bertz CT molecular complexity index is 1430. The summed E-state index contributed by atoms with van der Waals surface area (Å²) in [6.07, 6.45) is -5.32. The third-order valence-electron chi connectivity index (χ3n) is 7.46. The van der Waals surface area contributed by atoms with Crippen LogP contribution in [0.15, 0.2) is 42.6 Å². The SMILES string of the molecule is COc1cccc(OC)c1C(O)CN(Cc1cc(F)cc(F)c1)C(=O)c1cnn(C2CCC(C(=O)O)CC2)c1C(F)(F)F. The number of ether oxygens (including phenoxy) is 2. The summed E-state index contributed by atoms with van der Waals surface area (Å²) in [6, 6.07) is 6.26. The van der Waals surface area contributed by atoms with Gasteiger partial charge in [-0.05, 0) is 55.5 Å². The van der Waals surface area contributed by atoms with Crippen molar-refractivity contribution in [1.29, 1.82) is 0 Å². The van der Waals surface area contributed by atoms with E-state index in [1.165, 1.54) is 26.4 Å². The van der Waals surface area contributed by atoms with Crippen molar-refractivity contribution < 1.29 is 51.2 Å². The molecule has 0 aliphatic heterocycles. The van der Waals surface area contributed by atoms with E-state index < -0.39 is 72.1 Å². The fourth-order valence-corrected chi connectivity index (χ4v) is 5.47. The predicted octanol–water partition coefficient (Wildman–Crippen LogP) is 5.39. The molecule has 2 aromatic carbocycles. The summed E-state index contributed by atoms with van der Waals surface area (Å²) in [5, 5.41) is 24.4. The number of carboxylic acids is 1. The molecule has 1 amide bonds. The van der Waals surface area contributed by atoms with Gasteiger partial charge >= 0.3 is 12.1 Å². The van der Waals surface area contributed by atoms with E-state index in [2.05, 4.69) is 5.10 Å². The first-order chi connectivity index (χ1) is 20.3. The van der Waals surface area contributed by atoms with Crippen LogP contribution in [-0.4, -0.2) is 57.5 Å². The second kappa shape index (κ2) is 13.0. The molecule has 0 saturated heterocycles. The number of alkyl halides is 3. The minimum absolute atomic E-state index is 0.0713. The number of aromatic nitrogens is 2. The molecule has 0 spiro atoms. The van der Waals surface area contributed by atoms with E-state index in [0.29, 0.717) is 10.7 Å². The van der Waals surface area contributed by atoms with Gasteiger partial charge in [-0.1, -0.05) is 6.07 Å². The first kappa shape index (κ1) is 31.7. The monoisotopic (exact) mass is 611 g/mol. The normalized spacial score (nSPS) is 17.8. The highest BCUT2D eigenvalue weighted by molar-refractivity contribution is 5.95. The van der Waals surface area contributed by atoms with E-state index in [0.717, 1.165) is 23.2 Å². The summed E-state index contributed by atoms with van der Waals surface area (Å²) < 4.78 is 82.7. The molecular formula is C29H30F5N3O6. The molecule has 2 N–H and O–H groups in total. The molecule has 4 rings (SSSR count). The molecule has 1 aliphatic rings. The Morgan fingerprint density at radius 1 is 1.05 bits per heavy atom. The van der Waals surface area contributed by atoms with Crippen molar-refractivity contribution in [3.05, 3.63) is 76.6 Å². The second-order valence-electron chi connectivity index (χ2n) is 10.2. The van der Waals surface area contributed by atoms with Crippen molar-refractivity contribution in [2.75, 3.05) is 20.8 Å². The summed E-state index contributed by atoms with van der Waals surface area (Å²) >= 11 is 0. The molecule has 0 bridgehead atoms. The maximum atomic E-state index is 14.5. The molecule has 1 atom stereocenters. The lowest BCUT2D eigenvalue weighted by molar-refractivity contribution is -0.147. The number of nitrogens with zero attached hydrogens (tertiary/aromatic N) is 3. The molecule has 1 fully saturated rings. The van der Waals surface area contributed by atoms with Crippen molar-refractivity contribution >= 4 is 11.9 Å². The highest BCUT2D eigenvalue weighted by atomic mass is 19.4. The van der Waals surface area contributed by atoms with Gasteiger partial charge in [0.25, 0.3) is 5.91 Å². The third kappa shape index (κ3) is 7.07. The smallest absolute Gasteiger partial charge is 0.433 e. The van der Waals surface area contributed by atoms with Gasteiger partial charge in [-0.25, -0.2) is 8.78 Å². The Balaban J connectivity index is 1.74. The van der Waals surface area contributed by atoms with E-state index >= 15 is 0 Å². The number of aliphatic hydroxyl groups excluding tert-OH is 1. The van der Waals surface area contributed by atoms with E-state index in [1.54, 1.807) is 6.07 Å². The number of carboxylic acid groups (broad SMARTS) is 1. The van der Waals surface area contributed by atoms with Gasteiger partial charge in [0.1, 0.15) is 29.2 Å². The van der Waals surface area contributed by atoms with Crippen LogP contribution in [0.3, 0.4) is 0 Å². The van der Waals surface area contributed by atoms with Gasteiger partial charge in [-0.15, -0.1) is 0 Å². The zero-order valence-corrected chi connectivity index (χ0v) is 23.3. The number of aliphatic carboxylic acids is 1. The predicted molar refractivity (Wildman–Crippen MR) is 141 cm³/mol. The van der Waals surface area contributed by atoms with Gasteiger partial charge in [0.15, 0.2) is 5.69 Å². The summed E-state index contributed by atoms with van der Waals surface area (Å²) in [6.45, 7) is -1.17. The van der Waals surface area contributed by atoms with Crippen molar-refractivity contribution in [1.82, 2.24) is 14.7 Å². The number of aliphatic hydroxyl groups is 1. The third-order valence-corrected chi connectivity index (χ3v) is 7.46. The highest BCUT2D eigenvalue weighted by Crippen LogP contribution is 2.40. The summed E-state index contributed by atoms with van der Waals surface area (Å²) in [7, 11) is 2.66. The maximum Gasteiger partial charge on any atom is 0.433 e. The minimum Gasteiger partial charge on any atom is -0.496 e. The van der Waals surface area contributed by atoms with E-state index in [9.17, 15) is 41.8 Å². The number of rotatable bonds is 10. The summed E-state index contributed by atoms with van der Waals surface area (Å²) in [5.74, 6) is -4.48. The Morgan fingerprint density at radius 3 is 2.14 bits per heavy atom. The van der Waals surface area contributed by atoms with Crippen LogP contribution in [0, 0.1) is 17.6 Å². The average Bonchev–Trinajstić information content (AvgIpc) is 3.41. The summed E-state index contributed by atoms with van der Waals surface area (Å²) in [5.41, 5.74) is -2.13. The van der Waals surface area contributed by atoms with Crippen LogP contribution in [0.1, 0.15) is 65.0 Å². The Labute approximate surface area is 243 Å². The van der Waals surface area contributed by atoms with Gasteiger partial charge in [0, 0.05) is 12.6 Å². The Morgan fingerprint density at radius 2 is 1.63 bits per heavy atom. The number of methoxy groups -OCH3 is 2. The molecule has 1 saturated carbocycles. The average molecular weight is 612 g/mol. The second-order valence-corrected chi connectivity index (χ2v) is 10.2. The molecule has 43 heavy (non-hydrogen) atoms. The molecule has 1 heterocycles. The molecule has 1 unspecified atom stereocenters. The number of hydrogen-bond donors (Lipinski definition) is 2. The van der Waals surface area contributed by atoms with Crippen LogP contribution in [0.4, 0.5) is 22.0 Å². The fourth-order valence-electron chi connectivity index (χ4n) is 5.47. The lowest BCUT2D eigenvalue weighted by atomic mass is 9.86. The largest absolute Gasteiger partial charge is 0.496 e. The van der Waals surface area contributed by atoms with Crippen molar-refractivity contribution in [2.24, 2.45) is 5.92 Å². The van der Waals surface area contributed by atoms with Gasteiger partial charge < -0.3 is 24.6 Å². The number of carbonyl (C=O) groups excluding carboxylic acids is 1. The first-order valence-electron chi connectivity index (χ1n) is 13.3. The molecule has 1 aromatic heterocycles. The fraction of sp³-hybridized carbons (Fsp3) is 0.414. The minimum atomic E-state index is -5.04. The van der Waals surface area contributed by atoms with Gasteiger partial charge in [0.2, 0.25) is 0 Å². The first-order valence-corrected chi connectivity index (χ1v) is 13.3. The van der Waals surface area contributed by atoms with Crippen LogP contribution in [0.2, 0.25) is 0 Å².